The van der Waals surface area contributed by atoms with Crippen LogP contribution in [-0.4, -0.2) is 16.1 Å². The van der Waals surface area contributed by atoms with E-state index in [2.05, 4.69) is 10.3 Å². The monoisotopic (exact) mass is 313 g/mol. The van der Waals surface area contributed by atoms with Gasteiger partial charge in [-0.2, -0.15) is 0 Å². The minimum atomic E-state index is -0.588. The lowest BCUT2D eigenvalue weighted by Crippen LogP contribution is -2.28. The van der Waals surface area contributed by atoms with Gasteiger partial charge in [0.2, 0.25) is 0 Å². The highest BCUT2D eigenvalue weighted by Crippen LogP contribution is 2.30. The fraction of sp³-hybridized carbons (Fsp3) is 0.357. The SMILES string of the molecule is Fc1c(Cl)cc(-n2cncc2C2CCCCN2)cc1Cl. The summed E-state index contributed by atoms with van der Waals surface area (Å²) in [5, 5.41) is 3.51. The van der Waals surface area contributed by atoms with E-state index in [1.54, 1.807) is 18.5 Å². The predicted octanol–water partition coefficient (Wildman–Crippen LogP) is 4.13. The third-order valence-electron chi connectivity index (χ3n) is 3.58. The van der Waals surface area contributed by atoms with Crippen molar-refractivity contribution in [1.29, 1.82) is 0 Å². The molecule has 2 aromatic rings. The van der Waals surface area contributed by atoms with Crippen molar-refractivity contribution in [2.75, 3.05) is 6.54 Å². The van der Waals surface area contributed by atoms with Crippen LogP contribution in [0.4, 0.5) is 4.39 Å². The first-order valence-corrected chi connectivity index (χ1v) is 7.33. The molecule has 0 saturated carbocycles. The Bertz CT molecular complexity index is 598. The van der Waals surface area contributed by atoms with Crippen LogP contribution < -0.4 is 5.32 Å². The Labute approximate surface area is 126 Å². The van der Waals surface area contributed by atoms with Gasteiger partial charge in [0.05, 0.1) is 28.3 Å². The van der Waals surface area contributed by atoms with Crippen LogP contribution in [0.3, 0.4) is 0 Å². The molecule has 1 fully saturated rings. The second-order valence-electron chi connectivity index (χ2n) is 4.91. The Morgan fingerprint density at radius 3 is 2.65 bits per heavy atom. The molecule has 6 heteroatoms. The smallest absolute Gasteiger partial charge is 0.160 e. The molecule has 0 spiro atoms. The minimum Gasteiger partial charge on any atom is -0.309 e. The standard InChI is InChI=1S/C14H14Cl2FN3/c15-10-5-9(6-11(16)14(10)17)20-8-18-7-13(20)12-3-1-2-4-19-12/h5-8,12,19H,1-4H2. The van der Waals surface area contributed by atoms with Crippen LogP contribution in [0.2, 0.25) is 10.0 Å². The summed E-state index contributed by atoms with van der Waals surface area (Å²) in [6.45, 7) is 1.00. The zero-order valence-corrected chi connectivity index (χ0v) is 12.3. The third-order valence-corrected chi connectivity index (χ3v) is 4.13. The summed E-state index contributed by atoms with van der Waals surface area (Å²) in [7, 11) is 0. The average molecular weight is 314 g/mol. The van der Waals surface area contributed by atoms with Crippen molar-refractivity contribution in [3.8, 4) is 5.69 Å². The topological polar surface area (TPSA) is 29.9 Å². The molecule has 0 aliphatic carbocycles. The van der Waals surface area contributed by atoms with Crippen molar-refractivity contribution in [3.63, 3.8) is 0 Å². The molecule has 106 valence electrons. The maximum atomic E-state index is 13.5. The number of nitrogens with zero attached hydrogens (tertiary/aromatic N) is 2. The highest BCUT2D eigenvalue weighted by atomic mass is 35.5. The molecule has 2 heterocycles. The van der Waals surface area contributed by atoms with Gasteiger partial charge in [0, 0.05) is 11.7 Å². The maximum absolute atomic E-state index is 13.5. The molecule has 1 unspecified atom stereocenters. The number of hydrogen-bond acceptors (Lipinski definition) is 2. The van der Waals surface area contributed by atoms with Crippen LogP contribution in [0.15, 0.2) is 24.7 Å². The number of halogens is 3. The molecule has 0 bridgehead atoms. The van der Waals surface area contributed by atoms with E-state index in [9.17, 15) is 4.39 Å². The zero-order valence-electron chi connectivity index (χ0n) is 10.7. The molecule has 1 aliphatic rings. The lowest BCUT2D eigenvalue weighted by atomic mass is 10.0. The minimum absolute atomic E-state index is 0.0174. The molecule has 0 amide bonds. The van der Waals surface area contributed by atoms with Crippen LogP contribution in [0.25, 0.3) is 5.69 Å². The van der Waals surface area contributed by atoms with Crippen LogP contribution in [-0.2, 0) is 0 Å². The Morgan fingerprint density at radius 2 is 2.00 bits per heavy atom. The predicted molar refractivity (Wildman–Crippen MR) is 78.1 cm³/mol. The zero-order chi connectivity index (χ0) is 14.1. The van der Waals surface area contributed by atoms with Crippen LogP contribution >= 0.6 is 23.2 Å². The van der Waals surface area contributed by atoms with Crippen LogP contribution in [0.1, 0.15) is 31.0 Å². The van der Waals surface area contributed by atoms with Gasteiger partial charge in [0.25, 0.3) is 0 Å². The summed E-state index contributed by atoms with van der Waals surface area (Å²) in [6.07, 6.45) is 6.97. The van der Waals surface area contributed by atoms with Gasteiger partial charge in [0.15, 0.2) is 5.82 Å². The normalized spacial score (nSPS) is 19.2. The summed E-state index contributed by atoms with van der Waals surface area (Å²) in [6, 6.07) is 3.39. The Balaban J connectivity index is 2.00. The summed E-state index contributed by atoms with van der Waals surface area (Å²) in [5.74, 6) is -0.588. The Morgan fingerprint density at radius 1 is 1.25 bits per heavy atom. The third kappa shape index (κ3) is 2.55. The Kier molecular flexibility index (Phi) is 3.96. The number of imidazole rings is 1. The summed E-state index contributed by atoms with van der Waals surface area (Å²) in [5.41, 5.74) is 1.77. The van der Waals surface area contributed by atoms with Crippen molar-refractivity contribution >= 4 is 23.2 Å². The molecule has 0 radical (unpaired) electrons. The van der Waals surface area contributed by atoms with E-state index in [-0.39, 0.29) is 16.1 Å². The highest BCUT2D eigenvalue weighted by molar-refractivity contribution is 6.35. The molecule has 3 nitrogen and oxygen atoms in total. The second kappa shape index (κ2) is 5.72. The van der Waals surface area contributed by atoms with Crippen molar-refractivity contribution < 1.29 is 4.39 Å². The van der Waals surface area contributed by atoms with Gasteiger partial charge < -0.3 is 9.88 Å². The molecule has 1 aromatic heterocycles. The van der Waals surface area contributed by atoms with E-state index in [4.69, 9.17) is 23.2 Å². The average Bonchev–Trinajstić information content (AvgIpc) is 2.94. The van der Waals surface area contributed by atoms with Crippen LogP contribution in [0, 0.1) is 5.82 Å². The van der Waals surface area contributed by atoms with Gasteiger partial charge in [-0.3, -0.25) is 0 Å². The lowest BCUT2D eigenvalue weighted by Gasteiger charge is -2.24. The molecule has 1 atom stereocenters. The van der Waals surface area contributed by atoms with E-state index in [1.165, 1.54) is 12.8 Å². The van der Waals surface area contributed by atoms with Gasteiger partial charge in [-0.25, -0.2) is 9.37 Å². The first kappa shape index (κ1) is 13.9. The molecule has 1 saturated heterocycles. The molecular weight excluding hydrogens is 300 g/mol. The van der Waals surface area contributed by atoms with E-state index in [1.807, 2.05) is 10.8 Å². The second-order valence-corrected chi connectivity index (χ2v) is 5.73. The molecule has 1 aliphatic heterocycles. The van der Waals surface area contributed by atoms with E-state index >= 15 is 0 Å². The van der Waals surface area contributed by atoms with Crippen molar-refractivity contribution in [2.45, 2.75) is 25.3 Å². The van der Waals surface area contributed by atoms with Crippen molar-refractivity contribution in [1.82, 2.24) is 14.9 Å². The first-order chi connectivity index (χ1) is 9.66. The van der Waals surface area contributed by atoms with Crippen LogP contribution in [0.5, 0.6) is 0 Å². The number of rotatable bonds is 2. The molecule has 3 rings (SSSR count). The quantitative estimate of drug-likeness (QED) is 0.845. The molecule has 20 heavy (non-hydrogen) atoms. The van der Waals surface area contributed by atoms with Gasteiger partial charge in [0.1, 0.15) is 0 Å². The molecule has 1 N–H and O–H groups in total. The van der Waals surface area contributed by atoms with Gasteiger partial charge in [-0.05, 0) is 31.5 Å². The van der Waals surface area contributed by atoms with Gasteiger partial charge in [-0.15, -0.1) is 0 Å². The maximum Gasteiger partial charge on any atom is 0.160 e. The Hall–Kier alpha value is -1.10. The van der Waals surface area contributed by atoms with Crippen molar-refractivity contribution in [3.05, 3.63) is 46.2 Å². The number of nitrogens with one attached hydrogen (secondary N) is 1. The summed E-state index contributed by atoms with van der Waals surface area (Å²) >= 11 is 11.7. The first-order valence-electron chi connectivity index (χ1n) is 6.57. The number of benzene rings is 1. The van der Waals surface area contributed by atoms with Gasteiger partial charge >= 0.3 is 0 Å². The lowest BCUT2D eigenvalue weighted by molar-refractivity contribution is 0.402. The van der Waals surface area contributed by atoms with Crippen molar-refractivity contribution in [2.24, 2.45) is 0 Å². The molecule has 1 aromatic carbocycles. The fourth-order valence-electron chi connectivity index (χ4n) is 2.56. The largest absolute Gasteiger partial charge is 0.309 e. The number of aromatic nitrogens is 2. The summed E-state index contributed by atoms with van der Waals surface area (Å²) < 4.78 is 15.4. The van der Waals surface area contributed by atoms with E-state index < -0.39 is 5.82 Å². The van der Waals surface area contributed by atoms with Gasteiger partial charge in [-0.1, -0.05) is 29.6 Å². The highest BCUT2D eigenvalue weighted by Gasteiger charge is 2.20. The summed E-state index contributed by atoms with van der Waals surface area (Å²) in [4.78, 5) is 4.20. The number of piperidine rings is 1. The molecular formula is C14H14Cl2FN3. The van der Waals surface area contributed by atoms with E-state index in [0.717, 1.165) is 24.3 Å². The fourth-order valence-corrected chi connectivity index (χ4v) is 3.04. The van der Waals surface area contributed by atoms with E-state index in [0.29, 0.717) is 0 Å². The number of hydrogen-bond donors (Lipinski definition) is 1.